The molecular weight excluding hydrogens is 312 g/mol. The maximum Gasteiger partial charge on any atom is 0.151 e. The molecule has 1 aromatic carbocycles. The molecule has 0 bridgehead atoms. The third-order valence-electron chi connectivity index (χ3n) is 2.37. The predicted octanol–water partition coefficient (Wildman–Crippen LogP) is 4.04. The molecular formula is C13H7ClN4S2. The fourth-order valence-corrected chi connectivity index (χ4v) is 3.15. The van der Waals surface area contributed by atoms with Crippen LogP contribution >= 0.6 is 35.5 Å². The second-order valence-electron chi connectivity index (χ2n) is 3.75. The minimum Gasteiger partial charge on any atom is -0.192 e. The van der Waals surface area contributed by atoms with Crippen LogP contribution in [0.2, 0.25) is 0 Å². The maximum atomic E-state index is 9.00. The molecule has 0 saturated carbocycles. The second kappa shape index (κ2) is 6.62. The lowest BCUT2D eigenvalue weighted by Crippen LogP contribution is -2.10. The molecule has 0 atom stereocenters. The Bertz CT molecular complexity index is 689. The molecule has 0 saturated heterocycles. The Morgan fingerprint density at radius 3 is 2.45 bits per heavy atom. The summed E-state index contributed by atoms with van der Waals surface area (Å²) in [6, 6.07) is 11.5. The molecule has 0 amide bonds. The van der Waals surface area contributed by atoms with Gasteiger partial charge in [0.05, 0.1) is 5.57 Å². The van der Waals surface area contributed by atoms with Gasteiger partial charge in [-0.1, -0.05) is 41.1 Å². The van der Waals surface area contributed by atoms with Crippen LogP contribution in [-0.2, 0) is 0 Å². The van der Waals surface area contributed by atoms with E-state index in [-0.39, 0.29) is 10.7 Å². The number of nitriles is 2. The van der Waals surface area contributed by atoms with Crippen molar-refractivity contribution < 1.29 is 0 Å². The van der Waals surface area contributed by atoms with Crippen LogP contribution in [0.25, 0.3) is 0 Å². The number of rotatable bonds is 1. The van der Waals surface area contributed by atoms with Gasteiger partial charge < -0.3 is 0 Å². The van der Waals surface area contributed by atoms with Gasteiger partial charge in [-0.3, -0.25) is 0 Å². The highest BCUT2D eigenvalue weighted by atomic mass is 35.5. The Balaban J connectivity index is 2.38. The molecule has 1 heterocycles. The van der Waals surface area contributed by atoms with Crippen LogP contribution in [0.5, 0.6) is 0 Å². The smallest absolute Gasteiger partial charge is 0.151 e. The summed E-state index contributed by atoms with van der Waals surface area (Å²) in [7, 11) is 0. The number of hydrogen-bond donors (Lipinski definition) is 0. The molecule has 0 aliphatic carbocycles. The first-order chi connectivity index (χ1) is 9.65. The number of aryl methyl sites for hydroxylation is 1. The topological polar surface area (TPSA) is 72.3 Å². The highest BCUT2D eigenvalue weighted by Gasteiger charge is 2.23. The third-order valence-corrected chi connectivity index (χ3v) is 4.39. The van der Waals surface area contributed by atoms with Crippen LogP contribution in [0.1, 0.15) is 5.56 Å². The van der Waals surface area contributed by atoms with E-state index in [9.17, 15) is 0 Å². The first kappa shape index (κ1) is 14.7. The summed E-state index contributed by atoms with van der Waals surface area (Å²) in [6.07, 6.45) is 0. The van der Waals surface area contributed by atoms with Crippen molar-refractivity contribution in [2.45, 2.75) is 11.8 Å². The van der Waals surface area contributed by atoms with Crippen molar-refractivity contribution >= 4 is 45.7 Å². The minimum atomic E-state index is -0.0857. The highest BCUT2D eigenvalue weighted by molar-refractivity contribution is 8.15. The fraction of sp³-hybridized carbons (Fsp3) is 0.0769. The Hall–Kier alpha value is -1.73. The van der Waals surface area contributed by atoms with Crippen LogP contribution in [0.4, 0.5) is 0 Å². The van der Waals surface area contributed by atoms with E-state index in [4.69, 9.17) is 22.1 Å². The Morgan fingerprint density at radius 2 is 1.85 bits per heavy atom. The van der Waals surface area contributed by atoms with Gasteiger partial charge in [0.2, 0.25) is 0 Å². The van der Waals surface area contributed by atoms with E-state index in [0.29, 0.717) is 10.6 Å². The van der Waals surface area contributed by atoms with E-state index in [2.05, 4.69) is 8.80 Å². The summed E-state index contributed by atoms with van der Waals surface area (Å²) in [5.41, 5.74) is 1.36. The average Bonchev–Trinajstić information content (AvgIpc) is 2.45. The molecule has 4 nitrogen and oxygen atoms in total. The van der Waals surface area contributed by atoms with Crippen molar-refractivity contribution in [3.05, 3.63) is 41.0 Å². The molecule has 1 aliphatic rings. The van der Waals surface area contributed by atoms with Gasteiger partial charge >= 0.3 is 0 Å². The Labute approximate surface area is 130 Å². The monoisotopic (exact) mass is 318 g/mol. The van der Waals surface area contributed by atoms with Crippen LogP contribution in [0.15, 0.2) is 49.1 Å². The summed E-state index contributed by atoms with van der Waals surface area (Å²) in [5.74, 6) is 0. The van der Waals surface area contributed by atoms with Gasteiger partial charge in [0.25, 0.3) is 0 Å². The van der Waals surface area contributed by atoms with Crippen molar-refractivity contribution in [3.8, 4) is 12.1 Å². The molecule has 0 radical (unpaired) electrons. The van der Waals surface area contributed by atoms with Gasteiger partial charge in [-0.15, -0.1) is 0 Å². The van der Waals surface area contributed by atoms with Crippen LogP contribution in [0.3, 0.4) is 0 Å². The number of halogens is 1. The molecule has 0 N–H and O–H groups in total. The standard InChI is InChI=1S/C13H7ClN4S2/c1-8-2-4-10(5-3-8)19-13-11(9(6-15)7-16)12(14)17-20-18-13/h2-5H,1H3. The first-order valence-electron chi connectivity index (χ1n) is 5.43. The average molecular weight is 319 g/mol. The van der Waals surface area contributed by atoms with Gasteiger partial charge in [-0.2, -0.15) is 19.3 Å². The second-order valence-corrected chi connectivity index (χ2v) is 5.70. The molecule has 7 heteroatoms. The van der Waals surface area contributed by atoms with E-state index in [1.54, 1.807) is 0 Å². The predicted molar refractivity (Wildman–Crippen MR) is 83.6 cm³/mol. The lowest BCUT2D eigenvalue weighted by Gasteiger charge is -2.12. The molecule has 1 aliphatic heterocycles. The molecule has 0 spiro atoms. The van der Waals surface area contributed by atoms with Gasteiger partial charge in [0.1, 0.15) is 34.9 Å². The third kappa shape index (κ3) is 3.23. The molecule has 20 heavy (non-hydrogen) atoms. The van der Waals surface area contributed by atoms with Gasteiger partial charge in [-0.25, -0.2) is 0 Å². The Kier molecular flexibility index (Phi) is 4.86. The van der Waals surface area contributed by atoms with E-state index in [0.717, 1.165) is 22.6 Å². The van der Waals surface area contributed by atoms with Crippen molar-refractivity contribution in [3.63, 3.8) is 0 Å². The summed E-state index contributed by atoms with van der Waals surface area (Å²) >= 11 is 8.29. The van der Waals surface area contributed by atoms with E-state index >= 15 is 0 Å². The SMILES string of the molecule is Cc1ccc(SC2=NSN=C(Cl)C2=C(C#N)C#N)cc1. The van der Waals surface area contributed by atoms with Crippen LogP contribution in [-0.4, -0.2) is 10.2 Å². The van der Waals surface area contributed by atoms with Crippen molar-refractivity contribution in [1.29, 1.82) is 10.5 Å². The number of benzene rings is 1. The molecule has 2 rings (SSSR count). The van der Waals surface area contributed by atoms with Crippen molar-refractivity contribution in [2.75, 3.05) is 0 Å². The lowest BCUT2D eigenvalue weighted by molar-refractivity contribution is 1.38. The molecule has 0 fully saturated rings. The first-order valence-corrected chi connectivity index (χ1v) is 7.35. The van der Waals surface area contributed by atoms with E-state index < -0.39 is 0 Å². The number of allylic oxidation sites excluding steroid dienone is 1. The largest absolute Gasteiger partial charge is 0.192 e. The zero-order valence-corrected chi connectivity index (χ0v) is 12.7. The fourth-order valence-electron chi connectivity index (χ4n) is 1.41. The van der Waals surface area contributed by atoms with Gasteiger partial charge in [0, 0.05) is 4.90 Å². The summed E-state index contributed by atoms with van der Waals surface area (Å²) in [6.45, 7) is 2.00. The molecule has 0 unspecified atom stereocenters. The van der Waals surface area contributed by atoms with Crippen LogP contribution in [0, 0.1) is 29.6 Å². The normalized spacial score (nSPS) is 13.9. The maximum absolute atomic E-state index is 9.00. The summed E-state index contributed by atoms with van der Waals surface area (Å²) < 4.78 is 8.03. The van der Waals surface area contributed by atoms with E-state index in [1.165, 1.54) is 11.8 Å². The summed E-state index contributed by atoms with van der Waals surface area (Å²) in [4.78, 5) is 0.953. The highest BCUT2D eigenvalue weighted by Crippen LogP contribution is 2.32. The number of nitrogens with zero attached hydrogens (tertiary/aromatic N) is 4. The lowest BCUT2D eigenvalue weighted by atomic mass is 10.1. The van der Waals surface area contributed by atoms with Crippen molar-refractivity contribution in [2.24, 2.45) is 8.80 Å². The zero-order valence-electron chi connectivity index (χ0n) is 10.3. The number of hydrogen-bond acceptors (Lipinski definition) is 6. The minimum absolute atomic E-state index is 0.0857. The quantitative estimate of drug-likeness (QED) is 0.578. The molecule has 0 aromatic heterocycles. The van der Waals surface area contributed by atoms with Crippen molar-refractivity contribution in [1.82, 2.24) is 0 Å². The number of thioether (sulfide) groups is 1. The zero-order chi connectivity index (χ0) is 14.5. The van der Waals surface area contributed by atoms with Gasteiger partial charge in [0.15, 0.2) is 5.17 Å². The molecule has 1 aromatic rings. The Morgan fingerprint density at radius 1 is 1.20 bits per heavy atom. The van der Waals surface area contributed by atoms with Crippen LogP contribution < -0.4 is 0 Å². The molecule has 98 valence electrons. The van der Waals surface area contributed by atoms with Gasteiger partial charge in [-0.05, 0) is 19.1 Å². The van der Waals surface area contributed by atoms with E-state index in [1.807, 2.05) is 43.3 Å². The summed E-state index contributed by atoms with van der Waals surface area (Å²) in [5, 5.41) is 18.6.